The Bertz CT molecular complexity index is 1160. The Morgan fingerprint density at radius 3 is 2.16 bits per heavy atom. The molecule has 0 bridgehead atoms. The van der Waals surface area contributed by atoms with E-state index in [2.05, 4.69) is 25.4 Å². The Balaban J connectivity index is 1.94. The summed E-state index contributed by atoms with van der Waals surface area (Å²) in [7, 11) is 0. The first kappa shape index (κ1) is 22.7. The highest BCUT2D eigenvalue weighted by molar-refractivity contribution is 5.95. The third-order valence-corrected chi connectivity index (χ3v) is 4.12. The molecule has 2 aromatic heterocycles. The maximum Gasteiger partial charge on any atom is 0.416 e. The quantitative estimate of drug-likeness (QED) is 0.604. The second-order valence-electron chi connectivity index (χ2n) is 6.38. The number of halogens is 6. The predicted molar refractivity (Wildman–Crippen MR) is 94.0 cm³/mol. The van der Waals surface area contributed by atoms with Gasteiger partial charge in [0.2, 0.25) is 0 Å². The highest BCUT2D eigenvalue weighted by atomic mass is 19.4. The topological polar surface area (TPSA) is 109 Å². The first-order valence-corrected chi connectivity index (χ1v) is 8.63. The summed E-state index contributed by atoms with van der Waals surface area (Å²) < 4.78 is 79.4. The highest BCUT2D eigenvalue weighted by Gasteiger charge is 2.37. The molecule has 0 fully saturated rings. The number of nitrogens with one attached hydrogen (secondary N) is 1. The summed E-state index contributed by atoms with van der Waals surface area (Å²) in [4.78, 5) is 24.3. The second-order valence-corrected chi connectivity index (χ2v) is 6.38. The van der Waals surface area contributed by atoms with Crippen LogP contribution in [0.5, 0.6) is 0 Å². The molecule has 0 aliphatic rings. The SMILES string of the molecule is CC(NC(=O)c1cc(C(F)(F)F)cc(C(F)(F)F)c1)c1nccnc1-n1cnc(C#N)n1. The number of carbonyl (C=O) groups excluding carboxylic acids is 1. The Kier molecular flexibility index (Phi) is 5.84. The van der Waals surface area contributed by atoms with Gasteiger partial charge in [-0.1, -0.05) is 0 Å². The minimum Gasteiger partial charge on any atom is -0.344 e. The van der Waals surface area contributed by atoms with Crippen LogP contribution in [0.2, 0.25) is 0 Å². The fraction of sp³-hybridized carbons (Fsp3) is 0.222. The van der Waals surface area contributed by atoms with Gasteiger partial charge in [0.15, 0.2) is 5.82 Å². The zero-order valence-electron chi connectivity index (χ0n) is 15.9. The van der Waals surface area contributed by atoms with E-state index in [1.807, 2.05) is 0 Å². The number of rotatable bonds is 4. The summed E-state index contributed by atoms with van der Waals surface area (Å²) in [6.07, 6.45) is -6.49. The number of benzene rings is 1. The summed E-state index contributed by atoms with van der Waals surface area (Å²) in [5.74, 6) is -1.32. The minimum atomic E-state index is -5.09. The lowest BCUT2D eigenvalue weighted by atomic mass is 10.0. The fourth-order valence-electron chi connectivity index (χ4n) is 2.67. The molecule has 1 atom stereocenters. The van der Waals surface area contributed by atoms with Gasteiger partial charge in [0.25, 0.3) is 11.7 Å². The fourth-order valence-corrected chi connectivity index (χ4v) is 2.67. The van der Waals surface area contributed by atoms with Gasteiger partial charge in [-0.3, -0.25) is 9.78 Å². The number of aromatic nitrogens is 5. The standard InChI is InChI=1S/C18H11F6N7O/c1-9(14-15(27-3-2-26-14)31-8-28-13(7-25)30-31)29-16(32)10-4-11(17(19,20)21)6-12(5-10)18(22,23)24/h2-6,8-9H,1H3,(H,29,32). The Morgan fingerprint density at radius 1 is 1.03 bits per heavy atom. The third-order valence-electron chi connectivity index (χ3n) is 4.12. The van der Waals surface area contributed by atoms with Crippen molar-refractivity contribution in [3.05, 3.63) is 65.1 Å². The monoisotopic (exact) mass is 455 g/mol. The van der Waals surface area contributed by atoms with Crippen molar-refractivity contribution in [3.8, 4) is 11.9 Å². The second kappa shape index (κ2) is 8.25. The minimum absolute atomic E-state index is 0.0503. The van der Waals surface area contributed by atoms with Crippen molar-refractivity contribution in [1.82, 2.24) is 30.0 Å². The van der Waals surface area contributed by atoms with Crippen molar-refractivity contribution in [1.29, 1.82) is 5.26 Å². The number of alkyl halides is 6. The molecule has 2 heterocycles. The van der Waals surface area contributed by atoms with E-state index >= 15 is 0 Å². The van der Waals surface area contributed by atoms with Crippen molar-refractivity contribution < 1.29 is 31.1 Å². The van der Waals surface area contributed by atoms with Gasteiger partial charge in [-0.15, -0.1) is 5.10 Å². The summed E-state index contributed by atoms with van der Waals surface area (Å²) in [6, 6.07) is 1.28. The van der Waals surface area contributed by atoms with Crippen LogP contribution in [0.15, 0.2) is 36.9 Å². The molecule has 0 aliphatic heterocycles. The lowest BCUT2D eigenvalue weighted by Crippen LogP contribution is -2.29. The Hall–Kier alpha value is -4.02. The molecule has 8 nitrogen and oxygen atoms in total. The number of nitriles is 1. The molecule has 1 aromatic carbocycles. The van der Waals surface area contributed by atoms with Crippen LogP contribution in [0.4, 0.5) is 26.3 Å². The summed E-state index contributed by atoms with van der Waals surface area (Å²) in [5.41, 5.74) is -3.98. The van der Waals surface area contributed by atoms with Gasteiger partial charge in [-0.25, -0.2) is 9.97 Å². The predicted octanol–water partition coefficient (Wildman–Crippen LogP) is 3.46. The molecule has 1 N–H and O–H groups in total. The number of amides is 1. The van der Waals surface area contributed by atoms with E-state index in [0.29, 0.717) is 12.1 Å². The van der Waals surface area contributed by atoms with Crippen molar-refractivity contribution in [3.63, 3.8) is 0 Å². The molecule has 1 amide bonds. The smallest absolute Gasteiger partial charge is 0.344 e. The van der Waals surface area contributed by atoms with Gasteiger partial charge >= 0.3 is 12.4 Å². The molecular weight excluding hydrogens is 444 g/mol. The van der Waals surface area contributed by atoms with Gasteiger partial charge in [-0.2, -0.15) is 36.3 Å². The lowest BCUT2D eigenvalue weighted by Gasteiger charge is -2.17. The van der Waals surface area contributed by atoms with Crippen LogP contribution in [0, 0.1) is 11.3 Å². The maximum atomic E-state index is 13.0. The van der Waals surface area contributed by atoms with Crippen LogP contribution >= 0.6 is 0 Å². The average molecular weight is 455 g/mol. The van der Waals surface area contributed by atoms with Crippen LogP contribution in [0.25, 0.3) is 5.82 Å². The van der Waals surface area contributed by atoms with E-state index in [4.69, 9.17) is 5.26 Å². The van der Waals surface area contributed by atoms with Crippen LogP contribution in [0.1, 0.15) is 46.0 Å². The van der Waals surface area contributed by atoms with E-state index < -0.39 is 41.0 Å². The van der Waals surface area contributed by atoms with Crippen molar-refractivity contribution >= 4 is 5.91 Å². The summed E-state index contributed by atoms with van der Waals surface area (Å²) >= 11 is 0. The number of hydrogen-bond donors (Lipinski definition) is 1. The zero-order chi connectivity index (χ0) is 23.7. The van der Waals surface area contributed by atoms with Gasteiger partial charge in [0.1, 0.15) is 18.1 Å². The molecule has 14 heteroatoms. The normalized spacial score (nSPS) is 12.8. The number of nitrogens with zero attached hydrogens (tertiary/aromatic N) is 6. The van der Waals surface area contributed by atoms with E-state index in [-0.39, 0.29) is 23.4 Å². The van der Waals surface area contributed by atoms with Crippen molar-refractivity contribution in [2.45, 2.75) is 25.3 Å². The number of carbonyl (C=O) groups is 1. The highest BCUT2D eigenvalue weighted by Crippen LogP contribution is 2.36. The van der Waals surface area contributed by atoms with Crippen molar-refractivity contribution in [2.75, 3.05) is 0 Å². The molecule has 0 aliphatic carbocycles. The molecule has 0 saturated heterocycles. The van der Waals surface area contributed by atoms with Gasteiger partial charge in [0.05, 0.1) is 17.2 Å². The first-order valence-electron chi connectivity index (χ1n) is 8.63. The number of hydrogen-bond acceptors (Lipinski definition) is 6. The van der Waals surface area contributed by atoms with Crippen LogP contribution in [-0.4, -0.2) is 30.6 Å². The van der Waals surface area contributed by atoms with Crippen LogP contribution in [-0.2, 0) is 12.4 Å². The molecule has 0 spiro atoms. The molecule has 3 rings (SSSR count). The van der Waals surface area contributed by atoms with Gasteiger partial charge in [-0.05, 0) is 25.1 Å². The van der Waals surface area contributed by atoms with Crippen LogP contribution in [0.3, 0.4) is 0 Å². The molecule has 32 heavy (non-hydrogen) atoms. The van der Waals surface area contributed by atoms with E-state index in [1.54, 1.807) is 6.07 Å². The zero-order valence-corrected chi connectivity index (χ0v) is 15.9. The van der Waals surface area contributed by atoms with Gasteiger partial charge in [0, 0.05) is 18.0 Å². The van der Waals surface area contributed by atoms with E-state index in [1.165, 1.54) is 19.3 Å². The first-order chi connectivity index (χ1) is 14.9. The maximum absolute atomic E-state index is 13.0. The molecule has 1 unspecified atom stereocenters. The summed E-state index contributed by atoms with van der Waals surface area (Å²) in [6.45, 7) is 1.39. The van der Waals surface area contributed by atoms with Gasteiger partial charge < -0.3 is 5.32 Å². The Morgan fingerprint density at radius 2 is 1.62 bits per heavy atom. The third kappa shape index (κ3) is 4.82. The van der Waals surface area contributed by atoms with E-state index in [0.717, 1.165) is 11.0 Å². The van der Waals surface area contributed by atoms with Crippen molar-refractivity contribution in [2.24, 2.45) is 0 Å². The molecule has 0 saturated carbocycles. The largest absolute Gasteiger partial charge is 0.416 e. The Labute approximate surface area is 175 Å². The van der Waals surface area contributed by atoms with Crippen LogP contribution < -0.4 is 5.32 Å². The molecule has 3 aromatic rings. The molecule has 0 radical (unpaired) electrons. The molecule has 166 valence electrons. The van der Waals surface area contributed by atoms with E-state index in [9.17, 15) is 31.1 Å². The average Bonchev–Trinajstić information content (AvgIpc) is 3.21. The molecular formula is C18H11F6N7O. The lowest BCUT2D eigenvalue weighted by molar-refractivity contribution is -0.143. The summed E-state index contributed by atoms with van der Waals surface area (Å²) in [5, 5.41) is 15.0.